The van der Waals surface area contributed by atoms with E-state index in [0.29, 0.717) is 0 Å². The molecule has 1 aliphatic rings. The van der Waals surface area contributed by atoms with Crippen molar-refractivity contribution in [2.75, 3.05) is 18.5 Å². The Bertz CT molecular complexity index is 168. The second-order valence-electron chi connectivity index (χ2n) is 3.94. The fraction of sp³-hybridized carbons (Fsp3) is 0.727. The topological polar surface area (TPSA) is 12.4 Å². The summed E-state index contributed by atoms with van der Waals surface area (Å²) in [6.45, 7) is 2.24. The van der Waals surface area contributed by atoms with Crippen LogP contribution in [0.4, 0.5) is 0 Å². The number of rotatable bonds is 4. The van der Waals surface area contributed by atoms with Crippen molar-refractivity contribution in [3.8, 4) is 0 Å². The first-order valence-corrected chi connectivity index (χ1v) is 6.76. The third kappa shape index (κ3) is 8.69. The number of unbranched alkanes of at least 4 members (excludes halogenated alkanes) is 3. The van der Waals surface area contributed by atoms with Gasteiger partial charge in [0, 0.05) is 0 Å². The number of hydrogen-bond donors (Lipinski definition) is 0. The van der Waals surface area contributed by atoms with E-state index < -0.39 is 0 Å². The Morgan fingerprint density at radius 3 is 2.21 bits per heavy atom. The summed E-state index contributed by atoms with van der Waals surface area (Å²) in [6, 6.07) is 0. The molecule has 0 atom stereocenters. The van der Waals surface area contributed by atoms with Gasteiger partial charge in [0.15, 0.2) is 6.34 Å². The third-order valence-electron chi connectivity index (χ3n) is 1.89. The molecule has 0 aromatic rings. The third-order valence-corrected chi connectivity index (χ3v) is 2.65. The Balaban J connectivity index is 0.000000241. The van der Waals surface area contributed by atoms with Crippen LogP contribution in [0.5, 0.6) is 0 Å². The molecule has 0 N–H and O–H groups in total. The molecule has 0 spiro atoms. The lowest BCUT2D eigenvalue weighted by molar-refractivity contribution is -0.732. The van der Waals surface area contributed by atoms with E-state index in [1.165, 1.54) is 30.1 Å². The number of hydrogen-bond acceptors (Lipinski definition) is 1. The van der Waals surface area contributed by atoms with Crippen LogP contribution in [0.2, 0.25) is 0 Å². The van der Waals surface area contributed by atoms with Gasteiger partial charge in [0.1, 0.15) is 6.20 Å². The molecule has 3 heteroatoms. The van der Waals surface area contributed by atoms with Crippen molar-refractivity contribution < 1.29 is 4.48 Å². The van der Waals surface area contributed by atoms with E-state index in [9.17, 15) is 0 Å². The highest BCUT2D eigenvalue weighted by Gasteiger charge is 2.09. The minimum absolute atomic E-state index is 0.778. The van der Waals surface area contributed by atoms with E-state index in [4.69, 9.17) is 0 Å². The highest BCUT2D eigenvalue weighted by atomic mass is 127. The van der Waals surface area contributed by atoms with Crippen LogP contribution in [0.3, 0.4) is 0 Å². The summed E-state index contributed by atoms with van der Waals surface area (Å²) in [7, 11) is 4.12. The lowest BCUT2D eigenvalue weighted by Gasteiger charge is -2.12. The summed E-state index contributed by atoms with van der Waals surface area (Å²) in [4.78, 5) is 3.90. The average Bonchev–Trinajstić information content (AvgIpc) is 2.52. The van der Waals surface area contributed by atoms with E-state index in [1.807, 2.05) is 12.5 Å². The predicted octanol–water partition coefficient (Wildman–Crippen LogP) is 3.58. The molecule has 1 aliphatic heterocycles. The SMILES string of the molecule is CCCCCCI.C[N+]1(C)C=CN=C1. The van der Waals surface area contributed by atoms with Gasteiger partial charge < -0.3 is 0 Å². The average molecular weight is 309 g/mol. The Morgan fingerprint density at radius 1 is 1.21 bits per heavy atom. The Labute approximate surface area is 102 Å². The largest absolute Gasteiger partial charge is 0.258 e. The molecule has 2 nitrogen and oxygen atoms in total. The summed E-state index contributed by atoms with van der Waals surface area (Å²) < 4.78 is 2.11. The number of quaternary nitrogens is 1. The van der Waals surface area contributed by atoms with Gasteiger partial charge in [-0.3, -0.25) is 4.48 Å². The minimum atomic E-state index is 0.778. The second kappa shape index (κ2) is 8.41. The molecule has 14 heavy (non-hydrogen) atoms. The highest BCUT2D eigenvalue weighted by Crippen LogP contribution is 2.00. The van der Waals surface area contributed by atoms with Crippen LogP contribution in [0.15, 0.2) is 17.4 Å². The Kier molecular flexibility index (Phi) is 8.47. The molecule has 82 valence electrons. The summed E-state index contributed by atoms with van der Waals surface area (Å²) in [5.74, 6) is 0. The van der Waals surface area contributed by atoms with E-state index in [0.717, 1.165) is 4.48 Å². The van der Waals surface area contributed by atoms with Crippen molar-refractivity contribution in [2.45, 2.75) is 32.6 Å². The van der Waals surface area contributed by atoms with E-state index >= 15 is 0 Å². The molecule has 0 aliphatic carbocycles. The van der Waals surface area contributed by atoms with Crippen molar-refractivity contribution in [1.29, 1.82) is 0 Å². The summed E-state index contributed by atoms with van der Waals surface area (Å²) >= 11 is 2.43. The maximum atomic E-state index is 3.90. The van der Waals surface area contributed by atoms with Gasteiger partial charge in [0.2, 0.25) is 0 Å². The van der Waals surface area contributed by atoms with Crippen molar-refractivity contribution in [2.24, 2.45) is 4.99 Å². The molecular weight excluding hydrogens is 287 g/mol. The van der Waals surface area contributed by atoms with Crippen LogP contribution in [-0.2, 0) is 0 Å². The van der Waals surface area contributed by atoms with Gasteiger partial charge in [-0.25, -0.2) is 4.99 Å². The molecule has 1 heterocycles. The first-order valence-electron chi connectivity index (χ1n) is 5.23. The van der Waals surface area contributed by atoms with Gasteiger partial charge in [-0.05, 0) is 10.8 Å². The van der Waals surface area contributed by atoms with Gasteiger partial charge in [-0.1, -0.05) is 48.8 Å². The van der Waals surface area contributed by atoms with Crippen molar-refractivity contribution in [3.63, 3.8) is 0 Å². The monoisotopic (exact) mass is 309 g/mol. The van der Waals surface area contributed by atoms with Crippen LogP contribution in [-0.4, -0.2) is 29.3 Å². The summed E-state index contributed by atoms with van der Waals surface area (Å²) in [5, 5.41) is 0. The fourth-order valence-corrected chi connectivity index (χ4v) is 1.52. The summed E-state index contributed by atoms with van der Waals surface area (Å²) in [5.41, 5.74) is 0. The van der Waals surface area contributed by atoms with Crippen molar-refractivity contribution in [3.05, 3.63) is 12.4 Å². The smallest absolute Gasteiger partial charge is 0.194 e. The van der Waals surface area contributed by atoms with Crippen LogP contribution >= 0.6 is 22.6 Å². The van der Waals surface area contributed by atoms with Crippen molar-refractivity contribution >= 4 is 28.9 Å². The standard InChI is InChI=1S/C6H13I.C5H9N2/c1-2-3-4-5-6-7;1-7(2)4-3-6-5-7/h2-6H2,1H3;3-5H,1-2H3/q;+1. The zero-order valence-electron chi connectivity index (χ0n) is 9.54. The fourth-order valence-electron chi connectivity index (χ4n) is 0.980. The van der Waals surface area contributed by atoms with E-state index in [2.05, 4.69) is 48.6 Å². The molecule has 0 saturated heterocycles. The van der Waals surface area contributed by atoms with Crippen molar-refractivity contribution in [1.82, 2.24) is 0 Å². The number of alkyl halides is 1. The normalized spacial score (nSPS) is 16.6. The molecule has 0 radical (unpaired) electrons. The quantitative estimate of drug-likeness (QED) is 0.326. The first-order chi connectivity index (χ1) is 6.62. The summed E-state index contributed by atoms with van der Waals surface area (Å²) in [6.07, 6.45) is 11.3. The molecule has 0 saturated carbocycles. The maximum absolute atomic E-state index is 3.90. The molecule has 0 bridgehead atoms. The molecule has 0 aromatic heterocycles. The zero-order valence-corrected chi connectivity index (χ0v) is 11.7. The minimum Gasteiger partial charge on any atom is -0.258 e. The van der Waals surface area contributed by atoms with Gasteiger partial charge in [-0.15, -0.1) is 0 Å². The maximum Gasteiger partial charge on any atom is 0.194 e. The molecule has 1 rings (SSSR count). The van der Waals surface area contributed by atoms with Gasteiger partial charge in [0.05, 0.1) is 20.3 Å². The van der Waals surface area contributed by atoms with Crippen LogP contribution in [0.25, 0.3) is 0 Å². The molecule has 0 aromatic carbocycles. The second-order valence-corrected chi connectivity index (χ2v) is 5.02. The van der Waals surface area contributed by atoms with E-state index in [-0.39, 0.29) is 0 Å². The number of aliphatic imine (C=N–C) groups is 1. The lowest BCUT2D eigenvalue weighted by atomic mass is 10.2. The number of halogens is 1. The van der Waals surface area contributed by atoms with Gasteiger partial charge >= 0.3 is 0 Å². The Hall–Kier alpha value is 0.1000. The van der Waals surface area contributed by atoms with Crippen LogP contribution < -0.4 is 0 Å². The highest BCUT2D eigenvalue weighted by molar-refractivity contribution is 14.1. The first kappa shape index (κ1) is 14.1. The lowest BCUT2D eigenvalue weighted by Crippen LogP contribution is -2.28. The van der Waals surface area contributed by atoms with Gasteiger partial charge in [-0.2, -0.15) is 0 Å². The zero-order chi connectivity index (χ0) is 10.9. The van der Waals surface area contributed by atoms with Crippen LogP contribution in [0.1, 0.15) is 32.6 Å². The molecule has 0 amide bonds. The molecule has 0 fully saturated rings. The molecule has 0 unspecified atom stereocenters. The van der Waals surface area contributed by atoms with E-state index in [1.54, 1.807) is 6.20 Å². The number of nitrogens with zero attached hydrogens (tertiary/aromatic N) is 2. The van der Waals surface area contributed by atoms with Gasteiger partial charge in [0.25, 0.3) is 0 Å². The van der Waals surface area contributed by atoms with Crippen LogP contribution in [0, 0.1) is 0 Å². The predicted molar refractivity (Wildman–Crippen MR) is 72.8 cm³/mol. The molecular formula is C11H22IN2+. The Morgan fingerprint density at radius 2 is 1.93 bits per heavy atom.